The topological polar surface area (TPSA) is 80.9 Å². The van der Waals surface area contributed by atoms with Gasteiger partial charge >= 0.3 is 0 Å². The number of thiazole rings is 2. The summed E-state index contributed by atoms with van der Waals surface area (Å²) in [5.41, 5.74) is 6.98. The van der Waals surface area contributed by atoms with E-state index in [1.165, 1.54) is 11.3 Å². The minimum absolute atomic E-state index is 0.131. The summed E-state index contributed by atoms with van der Waals surface area (Å²) in [5.74, 6) is 0.322. The zero-order chi connectivity index (χ0) is 15.2. The first kappa shape index (κ1) is 16.1. The Bertz CT molecular complexity index is 591. The highest BCUT2D eigenvalue weighted by Gasteiger charge is 2.11. The van der Waals surface area contributed by atoms with Crippen LogP contribution in [0, 0.1) is 0 Å². The smallest absolute Gasteiger partial charge is 0.270 e. The highest BCUT2D eigenvalue weighted by Crippen LogP contribution is 2.19. The number of nitrogens with one attached hydrogen (secondary N) is 1. The van der Waals surface area contributed by atoms with Gasteiger partial charge in [0, 0.05) is 36.1 Å². The lowest BCUT2D eigenvalue weighted by atomic mass is 10.2. The second-order valence-corrected chi connectivity index (χ2v) is 6.84. The Labute approximate surface area is 132 Å². The van der Waals surface area contributed by atoms with Gasteiger partial charge < -0.3 is 11.1 Å². The second kappa shape index (κ2) is 7.63. The summed E-state index contributed by atoms with van der Waals surface area (Å²) >= 11 is 3.15. The Morgan fingerprint density at radius 2 is 2.10 bits per heavy atom. The van der Waals surface area contributed by atoms with Gasteiger partial charge in [0.2, 0.25) is 0 Å². The average Bonchev–Trinajstić information content (AvgIpc) is 3.08. The van der Waals surface area contributed by atoms with E-state index < -0.39 is 0 Å². The highest BCUT2D eigenvalue weighted by atomic mass is 32.1. The van der Waals surface area contributed by atoms with E-state index in [2.05, 4.69) is 34.5 Å². The molecule has 0 aliphatic rings. The van der Waals surface area contributed by atoms with Gasteiger partial charge in [0.05, 0.1) is 15.7 Å². The van der Waals surface area contributed by atoms with Gasteiger partial charge in [-0.15, -0.1) is 22.7 Å². The van der Waals surface area contributed by atoms with Crippen LogP contribution in [0.3, 0.4) is 0 Å². The minimum Gasteiger partial charge on any atom is -0.350 e. The van der Waals surface area contributed by atoms with Crippen LogP contribution in [-0.2, 0) is 12.8 Å². The van der Waals surface area contributed by atoms with E-state index in [0.717, 1.165) is 28.6 Å². The van der Waals surface area contributed by atoms with E-state index in [4.69, 9.17) is 5.73 Å². The summed E-state index contributed by atoms with van der Waals surface area (Å²) in [4.78, 5) is 20.8. The van der Waals surface area contributed by atoms with Gasteiger partial charge in [-0.3, -0.25) is 4.79 Å². The number of carbonyl (C=O) groups is 1. The zero-order valence-electron chi connectivity index (χ0n) is 12.3. The molecule has 0 aliphatic carbocycles. The third kappa shape index (κ3) is 4.59. The van der Waals surface area contributed by atoms with Gasteiger partial charge in [0.15, 0.2) is 0 Å². The Balaban J connectivity index is 1.80. The minimum atomic E-state index is -0.131. The largest absolute Gasteiger partial charge is 0.350 e. The van der Waals surface area contributed by atoms with Crippen LogP contribution in [-0.4, -0.2) is 29.0 Å². The predicted octanol–water partition coefficient (Wildman–Crippen LogP) is 2.20. The molecule has 1 amide bonds. The molecule has 0 bridgehead atoms. The van der Waals surface area contributed by atoms with Crippen molar-refractivity contribution in [1.82, 2.24) is 15.3 Å². The van der Waals surface area contributed by atoms with E-state index in [1.54, 1.807) is 16.7 Å². The van der Waals surface area contributed by atoms with E-state index in [0.29, 0.717) is 24.7 Å². The zero-order valence-corrected chi connectivity index (χ0v) is 13.9. The summed E-state index contributed by atoms with van der Waals surface area (Å²) in [6.45, 7) is 5.39. The van der Waals surface area contributed by atoms with Gasteiger partial charge in [0.1, 0.15) is 5.69 Å². The van der Waals surface area contributed by atoms with Gasteiger partial charge in [-0.1, -0.05) is 13.8 Å². The molecule has 21 heavy (non-hydrogen) atoms. The molecule has 0 fully saturated rings. The van der Waals surface area contributed by atoms with Gasteiger partial charge in [-0.25, -0.2) is 9.97 Å². The summed E-state index contributed by atoms with van der Waals surface area (Å²) in [5, 5.41) is 8.76. The van der Waals surface area contributed by atoms with Crippen LogP contribution < -0.4 is 11.1 Å². The second-order valence-electron chi connectivity index (χ2n) is 5.00. The first-order valence-electron chi connectivity index (χ1n) is 6.97. The summed E-state index contributed by atoms with van der Waals surface area (Å²) in [7, 11) is 0. The summed E-state index contributed by atoms with van der Waals surface area (Å²) < 4.78 is 0. The fourth-order valence-electron chi connectivity index (χ4n) is 1.75. The number of nitrogens with zero attached hydrogens (tertiary/aromatic N) is 2. The number of nitrogens with two attached hydrogens (primary N) is 1. The third-order valence-corrected chi connectivity index (χ3v) is 4.98. The first-order valence-corrected chi connectivity index (χ1v) is 8.73. The summed E-state index contributed by atoms with van der Waals surface area (Å²) in [6.07, 6.45) is 1.46. The number of carbonyl (C=O) groups excluding carboxylic acids is 1. The standard InChI is InChI=1S/C14H20N4OS2/c1-9(2)14-17-10(7-21-14)4-6-16-13(19)11-8-20-12(18-11)3-5-15/h7-9H,3-6,15H2,1-2H3,(H,16,19). The SMILES string of the molecule is CC(C)c1nc(CCNC(=O)c2csc(CCN)n2)cs1. The normalized spacial score (nSPS) is 11.0. The third-order valence-electron chi connectivity index (χ3n) is 2.87. The molecule has 0 spiro atoms. The molecule has 0 atom stereocenters. The lowest BCUT2D eigenvalue weighted by molar-refractivity contribution is 0.0949. The lowest BCUT2D eigenvalue weighted by Gasteiger charge is -2.01. The molecular weight excluding hydrogens is 304 g/mol. The van der Waals surface area contributed by atoms with Crippen molar-refractivity contribution in [2.24, 2.45) is 5.73 Å². The van der Waals surface area contributed by atoms with Crippen molar-refractivity contribution in [1.29, 1.82) is 0 Å². The molecule has 0 aliphatic heterocycles. The Morgan fingerprint density at radius 1 is 1.29 bits per heavy atom. The van der Waals surface area contributed by atoms with Gasteiger partial charge in [0.25, 0.3) is 5.91 Å². The molecule has 2 heterocycles. The molecule has 0 radical (unpaired) electrons. The molecular formula is C14H20N4OS2. The molecule has 0 aromatic carbocycles. The molecule has 0 unspecified atom stereocenters. The van der Waals surface area contributed by atoms with Crippen molar-refractivity contribution >= 4 is 28.6 Å². The molecule has 114 valence electrons. The van der Waals surface area contributed by atoms with Crippen LogP contribution in [0.15, 0.2) is 10.8 Å². The maximum Gasteiger partial charge on any atom is 0.270 e. The number of rotatable bonds is 7. The van der Waals surface area contributed by atoms with Crippen molar-refractivity contribution in [3.05, 3.63) is 32.2 Å². The van der Waals surface area contributed by atoms with Crippen LogP contribution in [0.5, 0.6) is 0 Å². The van der Waals surface area contributed by atoms with Crippen molar-refractivity contribution < 1.29 is 4.79 Å². The quantitative estimate of drug-likeness (QED) is 0.818. The van der Waals surface area contributed by atoms with Gasteiger partial charge in [-0.2, -0.15) is 0 Å². The van der Waals surface area contributed by atoms with Crippen molar-refractivity contribution in [3.63, 3.8) is 0 Å². The molecule has 2 aromatic rings. The van der Waals surface area contributed by atoms with Crippen molar-refractivity contribution in [2.75, 3.05) is 13.1 Å². The van der Waals surface area contributed by atoms with E-state index in [1.807, 2.05) is 0 Å². The molecule has 2 rings (SSSR count). The number of aromatic nitrogens is 2. The fourth-order valence-corrected chi connectivity index (χ4v) is 3.41. The first-order chi connectivity index (χ1) is 10.1. The van der Waals surface area contributed by atoms with E-state index >= 15 is 0 Å². The van der Waals surface area contributed by atoms with E-state index in [9.17, 15) is 4.79 Å². The van der Waals surface area contributed by atoms with Gasteiger partial charge in [-0.05, 0) is 6.54 Å². The van der Waals surface area contributed by atoms with Crippen LogP contribution >= 0.6 is 22.7 Å². The molecule has 3 N–H and O–H groups in total. The predicted molar refractivity (Wildman–Crippen MR) is 87.1 cm³/mol. The number of hydrogen-bond acceptors (Lipinski definition) is 6. The molecule has 5 nitrogen and oxygen atoms in total. The van der Waals surface area contributed by atoms with Crippen LogP contribution in [0.4, 0.5) is 0 Å². The number of amides is 1. The average molecular weight is 324 g/mol. The van der Waals surface area contributed by atoms with Crippen LogP contribution in [0.2, 0.25) is 0 Å². The van der Waals surface area contributed by atoms with E-state index in [-0.39, 0.29) is 5.91 Å². The monoisotopic (exact) mass is 324 g/mol. The molecule has 0 saturated carbocycles. The Hall–Kier alpha value is -1.31. The Morgan fingerprint density at radius 3 is 2.76 bits per heavy atom. The van der Waals surface area contributed by atoms with Crippen LogP contribution in [0.25, 0.3) is 0 Å². The summed E-state index contributed by atoms with van der Waals surface area (Å²) in [6, 6.07) is 0. The highest BCUT2D eigenvalue weighted by molar-refractivity contribution is 7.10. The van der Waals surface area contributed by atoms with Crippen molar-refractivity contribution in [2.45, 2.75) is 32.6 Å². The van der Waals surface area contributed by atoms with Crippen molar-refractivity contribution in [3.8, 4) is 0 Å². The molecule has 2 aromatic heterocycles. The lowest BCUT2D eigenvalue weighted by Crippen LogP contribution is -2.26. The number of hydrogen-bond donors (Lipinski definition) is 2. The molecule has 7 heteroatoms. The maximum absolute atomic E-state index is 11.9. The maximum atomic E-state index is 11.9. The fraction of sp³-hybridized carbons (Fsp3) is 0.500. The van der Waals surface area contributed by atoms with Crippen LogP contribution in [0.1, 0.15) is 46.0 Å². The Kier molecular flexibility index (Phi) is 5.84. The molecule has 0 saturated heterocycles.